The number of carbonyl (C=O) groups is 2. The molecule has 2 unspecified atom stereocenters. The van der Waals surface area contributed by atoms with Crippen LogP contribution in [0.1, 0.15) is 102 Å². The second kappa shape index (κ2) is 14.9. The number of carbonyl (C=O) groups excluding carboxylic acids is 2. The van der Waals surface area contributed by atoms with Gasteiger partial charge in [0.1, 0.15) is 0 Å². The Morgan fingerprint density at radius 3 is 1.80 bits per heavy atom. The molecule has 0 aromatic rings. The van der Waals surface area contributed by atoms with Crippen LogP contribution in [-0.2, 0) is 9.59 Å². The molecule has 0 aromatic carbocycles. The maximum absolute atomic E-state index is 11.9. The molecule has 0 saturated carbocycles. The van der Waals surface area contributed by atoms with Crippen molar-refractivity contribution in [2.24, 2.45) is 29.6 Å². The first-order valence-electron chi connectivity index (χ1n) is 11.6. The first-order valence-corrected chi connectivity index (χ1v) is 11.6. The van der Waals surface area contributed by atoms with Crippen LogP contribution in [-0.4, -0.2) is 47.3 Å². The topological polar surface area (TPSA) is 40.6 Å². The molecule has 4 nitrogen and oxygen atoms in total. The minimum absolute atomic E-state index is 0. The molecule has 30 heavy (non-hydrogen) atoms. The zero-order valence-electron chi connectivity index (χ0n) is 19.8. The summed E-state index contributed by atoms with van der Waals surface area (Å²) in [6.07, 6.45) is 6.03. The standard InChI is InChI=1S/2C12H23NO.2CH4/c1-9(2)11-6-5-7-13(8-11)12(14)10(3)4;1-9(2)8-11-6-5-7-13(11)12(14)10(3)4;;/h2*9-11H,5-8H2,1-4H3;2*1H4. The predicted molar refractivity (Wildman–Crippen MR) is 131 cm³/mol. The van der Waals surface area contributed by atoms with Gasteiger partial charge >= 0.3 is 0 Å². The van der Waals surface area contributed by atoms with Gasteiger partial charge in [0.25, 0.3) is 0 Å². The van der Waals surface area contributed by atoms with Gasteiger partial charge in [0, 0.05) is 37.5 Å². The number of likely N-dealkylation sites (tertiary alicyclic amines) is 2. The average molecular weight is 427 g/mol. The van der Waals surface area contributed by atoms with E-state index in [0.717, 1.165) is 19.6 Å². The van der Waals surface area contributed by atoms with E-state index < -0.39 is 0 Å². The lowest BCUT2D eigenvalue weighted by atomic mass is 9.87. The second-order valence-electron chi connectivity index (χ2n) is 10.2. The summed E-state index contributed by atoms with van der Waals surface area (Å²) < 4.78 is 0. The highest BCUT2D eigenvalue weighted by atomic mass is 16.2. The summed E-state index contributed by atoms with van der Waals surface area (Å²) in [6.45, 7) is 19.9. The molecule has 2 fully saturated rings. The van der Waals surface area contributed by atoms with E-state index in [2.05, 4.69) is 37.5 Å². The van der Waals surface area contributed by atoms with Gasteiger partial charge < -0.3 is 9.80 Å². The van der Waals surface area contributed by atoms with Gasteiger partial charge in [-0.2, -0.15) is 0 Å². The number of hydrogen-bond donors (Lipinski definition) is 0. The van der Waals surface area contributed by atoms with E-state index in [4.69, 9.17) is 0 Å². The van der Waals surface area contributed by atoms with Gasteiger partial charge in [-0.3, -0.25) is 9.59 Å². The summed E-state index contributed by atoms with van der Waals surface area (Å²) in [5.74, 6) is 3.09. The van der Waals surface area contributed by atoms with Gasteiger partial charge in [0.05, 0.1) is 0 Å². The molecule has 2 aliphatic heterocycles. The van der Waals surface area contributed by atoms with Crippen LogP contribution in [0.2, 0.25) is 0 Å². The van der Waals surface area contributed by atoms with Crippen LogP contribution in [0.5, 0.6) is 0 Å². The van der Waals surface area contributed by atoms with Crippen LogP contribution in [0.15, 0.2) is 0 Å². The van der Waals surface area contributed by atoms with Crippen molar-refractivity contribution in [1.82, 2.24) is 9.80 Å². The molecule has 0 bridgehead atoms. The van der Waals surface area contributed by atoms with Crippen molar-refractivity contribution in [3.05, 3.63) is 0 Å². The normalized spacial score (nSPS) is 21.3. The molecule has 2 saturated heterocycles. The summed E-state index contributed by atoms with van der Waals surface area (Å²) >= 11 is 0. The Bertz CT molecular complexity index is 485. The van der Waals surface area contributed by atoms with Crippen LogP contribution < -0.4 is 0 Å². The SMILES string of the molecule is C.C.CC(C)C(=O)N1CCCC(C(C)C)C1.CC(C)CC1CCCN1C(=O)C(C)C. The van der Waals surface area contributed by atoms with E-state index in [1.165, 1.54) is 32.1 Å². The Kier molecular flexibility index (Phi) is 15.4. The molecule has 0 N–H and O–H groups in total. The van der Waals surface area contributed by atoms with E-state index >= 15 is 0 Å². The molecule has 2 atom stereocenters. The summed E-state index contributed by atoms with van der Waals surface area (Å²) in [6, 6.07) is 0.518. The van der Waals surface area contributed by atoms with Crippen molar-refractivity contribution in [3.63, 3.8) is 0 Å². The van der Waals surface area contributed by atoms with Crippen LogP contribution in [0.25, 0.3) is 0 Å². The van der Waals surface area contributed by atoms with Crippen LogP contribution >= 0.6 is 0 Å². The summed E-state index contributed by atoms with van der Waals surface area (Å²) in [4.78, 5) is 27.8. The molecule has 2 aliphatic rings. The molecule has 0 aromatic heterocycles. The molecule has 180 valence electrons. The number of piperidine rings is 1. The molecule has 0 radical (unpaired) electrons. The highest BCUT2D eigenvalue weighted by Gasteiger charge is 2.30. The van der Waals surface area contributed by atoms with E-state index in [-0.39, 0.29) is 26.7 Å². The highest BCUT2D eigenvalue weighted by molar-refractivity contribution is 5.78. The third kappa shape index (κ3) is 9.83. The molecule has 0 aliphatic carbocycles. The lowest BCUT2D eigenvalue weighted by molar-refractivity contribution is -0.137. The molecule has 2 heterocycles. The quantitative estimate of drug-likeness (QED) is 0.504. The Morgan fingerprint density at radius 1 is 0.800 bits per heavy atom. The second-order valence-corrected chi connectivity index (χ2v) is 10.2. The van der Waals surface area contributed by atoms with Crippen molar-refractivity contribution in [2.45, 2.75) is 108 Å². The van der Waals surface area contributed by atoms with Crippen LogP contribution in [0.4, 0.5) is 0 Å². The molecule has 4 heteroatoms. The van der Waals surface area contributed by atoms with E-state index in [1.54, 1.807) is 0 Å². The fourth-order valence-electron chi connectivity index (χ4n) is 4.37. The lowest BCUT2D eigenvalue weighted by Gasteiger charge is -2.35. The van der Waals surface area contributed by atoms with Crippen molar-refractivity contribution in [1.29, 1.82) is 0 Å². The minimum Gasteiger partial charge on any atom is -0.342 e. The maximum atomic E-state index is 11.9. The number of nitrogens with zero attached hydrogens (tertiary/aromatic N) is 2. The van der Waals surface area contributed by atoms with Crippen LogP contribution in [0.3, 0.4) is 0 Å². The fourth-order valence-corrected chi connectivity index (χ4v) is 4.37. The zero-order chi connectivity index (χ0) is 21.4. The largest absolute Gasteiger partial charge is 0.342 e. The molecular formula is C26H54N2O2. The molecular weight excluding hydrogens is 372 g/mol. The monoisotopic (exact) mass is 426 g/mol. The van der Waals surface area contributed by atoms with Gasteiger partial charge in [-0.1, -0.05) is 70.2 Å². The van der Waals surface area contributed by atoms with Gasteiger partial charge in [-0.15, -0.1) is 0 Å². The lowest BCUT2D eigenvalue weighted by Crippen LogP contribution is -2.43. The first-order chi connectivity index (χ1) is 13.0. The highest BCUT2D eigenvalue weighted by Crippen LogP contribution is 2.25. The summed E-state index contributed by atoms with van der Waals surface area (Å²) in [7, 11) is 0. The zero-order valence-corrected chi connectivity index (χ0v) is 19.8. The van der Waals surface area contributed by atoms with Gasteiger partial charge in [-0.05, 0) is 49.9 Å². The fraction of sp³-hybridized carbons (Fsp3) is 0.923. The first kappa shape index (κ1) is 31.1. The Hall–Kier alpha value is -1.06. The predicted octanol–water partition coefficient (Wildman–Crippen LogP) is 6.49. The van der Waals surface area contributed by atoms with Gasteiger partial charge in [-0.25, -0.2) is 0 Å². The molecule has 0 spiro atoms. The number of rotatable bonds is 5. The summed E-state index contributed by atoms with van der Waals surface area (Å²) in [5.41, 5.74) is 0. The Morgan fingerprint density at radius 2 is 1.33 bits per heavy atom. The van der Waals surface area contributed by atoms with Crippen LogP contribution in [0, 0.1) is 29.6 Å². The Labute approximate surface area is 189 Å². The van der Waals surface area contributed by atoms with E-state index in [0.29, 0.717) is 35.6 Å². The third-order valence-corrected chi connectivity index (χ3v) is 6.10. The van der Waals surface area contributed by atoms with E-state index in [1.807, 2.05) is 27.7 Å². The molecule has 2 amide bonds. The minimum atomic E-state index is 0. The third-order valence-electron chi connectivity index (χ3n) is 6.10. The van der Waals surface area contributed by atoms with Crippen molar-refractivity contribution < 1.29 is 9.59 Å². The number of hydrogen-bond acceptors (Lipinski definition) is 2. The van der Waals surface area contributed by atoms with Gasteiger partial charge in [0.2, 0.25) is 11.8 Å². The Balaban J connectivity index is 0. The molecule has 2 rings (SSSR count). The van der Waals surface area contributed by atoms with Crippen molar-refractivity contribution in [3.8, 4) is 0 Å². The number of amides is 2. The van der Waals surface area contributed by atoms with Crippen molar-refractivity contribution >= 4 is 11.8 Å². The average Bonchev–Trinajstić information content (AvgIpc) is 3.08. The summed E-state index contributed by atoms with van der Waals surface area (Å²) in [5, 5.41) is 0. The van der Waals surface area contributed by atoms with E-state index in [9.17, 15) is 9.59 Å². The van der Waals surface area contributed by atoms with Crippen molar-refractivity contribution in [2.75, 3.05) is 19.6 Å². The maximum Gasteiger partial charge on any atom is 0.225 e. The smallest absolute Gasteiger partial charge is 0.225 e. The van der Waals surface area contributed by atoms with Gasteiger partial charge in [0.15, 0.2) is 0 Å².